The van der Waals surface area contributed by atoms with Gasteiger partial charge in [0.25, 0.3) is 0 Å². The molecule has 0 bridgehead atoms. The first-order valence-corrected chi connectivity index (χ1v) is 20.1. The van der Waals surface area contributed by atoms with E-state index < -0.39 is 62.8 Å². The molecular weight excluding hydrogens is 665 g/mol. The van der Waals surface area contributed by atoms with Crippen molar-refractivity contribution < 1.29 is 20.4 Å². The van der Waals surface area contributed by atoms with Crippen molar-refractivity contribution in [3.8, 4) is 0 Å². The van der Waals surface area contributed by atoms with Crippen LogP contribution >= 0.6 is 0 Å². The van der Waals surface area contributed by atoms with Gasteiger partial charge in [-0.25, -0.2) is 0 Å². The summed E-state index contributed by atoms with van der Waals surface area (Å²) in [7, 11) is 0. The highest BCUT2D eigenvalue weighted by atomic mass is 16.3. The van der Waals surface area contributed by atoms with Gasteiger partial charge in [-0.15, -0.1) is 0 Å². The van der Waals surface area contributed by atoms with Crippen LogP contribution in [0.2, 0.25) is 0 Å². The smallest absolute Gasteiger partial charge is 0.129 e. The Kier molecular flexibility index (Phi) is 12.3. The molecule has 1 atom stereocenters. The Labute approximate surface area is 330 Å². The molecule has 0 amide bonds. The lowest BCUT2D eigenvalue weighted by Gasteiger charge is -2.54. The predicted octanol–water partition coefficient (Wildman–Crippen LogP) is 11.3. The van der Waals surface area contributed by atoms with Crippen molar-refractivity contribution in [3.05, 3.63) is 103 Å². The molecule has 0 radical (unpaired) electrons. The molecule has 1 unspecified atom stereocenters. The highest BCUT2D eigenvalue weighted by molar-refractivity contribution is 5.61. The van der Waals surface area contributed by atoms with Crippen molar-refractivity contribution in [2.45, 2.75) is 190 Å². The first kappa shape index (κ1) is 45.9. The molecule has 4 nitrogen and oxygen atoms in total. The van der Waals surface area contributed by atoms with E-state index in [0.717, 1.165) is 50.1 Å². The molecule has 4 heteroatoms. The summed E-state index contributed by atoms with van der Waals surface area (Å²) in [6.07, 6.45) is -1.49. The van der Waals surface area contributed by atoms with E-state index in [4.69, 9.17) is 0 Å². The van der Waals surface area contributed by atoms with Crippen molar-refractivity contribution in [2.75, 3.05) is 13.2 Å². The van der Waals surface area contributed by atoms with Gasteiger partial charge < -0.3 is 20.4 Å². The first-order valence-electron chi connectivity index (χ1n) is 20.1. The molecule has 3 rings (SSSR count). The summed E-state index contributed by atoms with van der Waals surface area (Å²) in [5.41, 5.74) is 3.94. The van der Waals surface area contributed by atoms with Crippen molar-refractivity contribution in [1.29, 1.82) is 0 Å². The van der Waals surface area contributed by atoms with E-state index in [0.29, 0.717) is 16.7 Å². The zero-order valence-corrected chi connectivity index (χ0v) is 38.2. The van der Waals surface area contributed by atoms with Crippen LogP contribution in [0.15, 0.2) is 36.4 Å². The molecular formula is C50H78O4. The molecule has 0 saturated heterocycles. The van der Waals surface area contributed by atoms with Crippen LogP contribution in [0.1, 0.15) is 197 Å². The van der Waals surface area contributed by atoms with Gasteiger partial charge in [0.2, 0.25) is 0 Å². The van der Waals surface area contributed by atoms with Gasteiger partial charge in [0.05, 0.1) is 24.7 Å². The molecule has 3 aromatic rings. The summed E-state index contributed by atoms with van der Waals surface area (Å²) in [5, 5.41) is 53.3. The fourth-order valence-corrected chi connectivity index (χ4v) is 8.60. The van der Waals surface area contributed by atoms with Gasteiger partial charge in [0, 0.05) is 0 Å². The number of rotatable bonds is 7. The molecule has 54 heavy (non-hydrogen) atoms. The number of hydrogen-bond acceptors (Lipinski definition) is 4. The van der Waals surface area contributed by atoms with Gasteiger partial charge in [-0.05, 0) is 103 Å². The molecule has 4 N–H and O–H groups in total. The lowest BCUT2D eigenvalue weighted by atomic mass is 9.53. The molecule has 0 aliphatic rings. The van der Waals surface area contributed by atoms with Gasteiger partial charge in [0.1, 0.15) is 5.60 Å². The number of hydrogen-bond donors (Lipinski definition) is 4. The minimum atomic E-state index is -2.12. The number of aryl methyl sites for hydroxylation is 3. The predicted molar refractivity (Wildman–Crippen MR) is 230 cm³/mol. The Balaban J connectivity index is 3.03. The summed E-state index contributed by atoms with van der Waals surface area (Å²) in [6, 6.07) is 12.9. The van der Waals surface area contributed by atoms with Gasteiger partial charge in [-0.2, -0.15) is 0 Å². The van der Waals surface area contributed by atoms with Gasteiger partial charge in [-0.1, -0.05) is 178 Å². The zero-order chi connectivity index (χ0) is 42.2. The SMILES string of the molecule is Cc1cc(C(C)(C)C)c(C(O)C(CO)(CO)C(O)(c2c(C(C)(C)C)cc(C)cc2C(C)(C)C)c2c(C(C)(C)C)cc(C)cc2C(C)(C)C)c(C(C)(C)C)c1. The Bertz CT molecular complexity index is 1640. The van der Waals surface area contributed by atoms with Crippen LogP contribution in [-0.4, -0.2) is 33.6 Å². The average molecular weight is 743 g/mol. The van der Waals surface area contributed by atoms with Crippen LogP contribution in [-0.2, 0) is 38.1 Å². The Morgan fingerprint density at radius 3 is 0.796 bits per heavy atom. The number of aliphatic hydroxyl groups is 4. The van der Waals surface area contributed by atoms with E-state index in [1.165, 1.54) is 0 Å². The normalized spacial score (nSPS) is 14.8. The van der Waals surface area contributed by atoms with E-state index in [9.17, 15) is 15.3 Å². The minimum absolute atomic E-state index is 0.412. The van der Waals surface area contributed by atoms with Crippen LogP contribution < -0.4 is 0 Å². The summed E-state index contributed by atoms with van der Waals surface area (Å²) < 4.78 is 0. The standard InChI is InChI=1S/C50H78O4/c1-30-22-33(43(4,5)6)39(34(23-30)44(7,8)9)42(53)49(28-51,29-52)50(54,40-35(45(10,11)12)24-31(2)25-36(40)46(13,14)15)41-37(47(16,17)18)26-32(3)27-38(41)48(19,20)21/h22-27,42,51-54H,28-29H2,1-21H3. The molecule has 302 valence electrons. The number of aliphatic hydroxyl groups excluding tert-OH is 3. The molecule has 0 heterocycles. The maximum atomic E-state index is 15.0. The third kappa shape index (κ3) is 8.29. The first-order chi connectivity index (χ1) is 24.0. The molecule has 3 aromatic carbocycles. The largest absolute Gasteiger partial charge is 0.395 e. The van der Waals surface area contributed by atoms with Crippen molar-refractivity contribution >= 4 is 0 Å². The van der Waals surface area contributed by atoms with Gasteiger partial charge >= 0.3 is 0 Å². The van der Waals surface area contributed by atoms with E-state index in [1.807, 2.05) is 0 Å². The lowest BCUT2D eigenvalue weighted by molar-refractivity contribution is -0.175. The van der Waals surface area contributed by atoms with Crippen molar-refractivity contribution in [1.82, 2.24) is 0 Å². The monoisotopic (exact) mass is 743 g/mol. The van der Waals surface area contributed by atoms with Crippen molar-refractivity contribution in [2.24, 2.45) is 5.41 Å². The molecule has 0 aliphatic carbocycles. The van der Waals surface area contributed by atoms with E-state index in [2.05, 4.69) is 182 Å². The number of benzene rings is 3. The van der Waals surface area contributed by atoms with Crippen LogP contribution in [0.3, 0.4) is 0 Å². The fraction of sp³-hybridized carbons (Fsp3) is 0.640. The van der Waals surface area contributed by atoms with Crippen LogP contribution in [0.25, 0.3) is 0 Å². The Morgan fingerprint density at radius 1 is 0.407 bits per heavy atom. The Hall–Kier alpha value is -2.50. The summed E-state index contributed by atoms with van der Waals surface area (Å²) in [6.45, 7) is 43.7. The summed E-state index contributed by atoms with van der Waals surface area (Å²) >= 11 is 0. The van der Waals surface area contributed by atoms with E-state index in [1.54, 1.807) is 0 Å². The highest BCUT2D eigenvalue weighted by Gasteiger charge is 2.62. The van der Waals surface area contributed by atoms with Crippen molar-refractivity contribution in [3.63, 3.8) is 0 Å². The zero-order valence-electron chi connectivity index (χ0n) is 38.2. The highest BCUT2D eigenvalue weighted by Crippen LogP contribution is 2.60. The maximum Gasteiger partial charge on any atom is 0.129 e. The molecule has 0 fully saturated rings. The second-order valence-electron chi connectivity index (χ2n) is 22.8. The quantitative estimate of drug-likeness (QED) is 0.194. The third-order valence-electron chi connectivity index (χ3n) is 11.5. The second-order valence-corrected chi connectivity index (χ2v) is 22.8. The van der Waals surface area contributed by atoms with Crippen LogP contribution in [0, 0.1) is 26.2 Å². The van der Waals surface area contributed by atoms with Crippen LogP contribution in [0.4, 0.5) is 0 Å². The summed E-state index contributed by atoms with van der Waals surface area (Å²) in [5.74, 6) is 0. The topological polar surface area (TPSA) is 80.9 Å². The third-order valence-corrected chi connectivity index (χ3v) is 11.5. The van der Waals surface area contributed by atoms with E-state index in [-0.39, 0.29) is 0 Å². The van der Waals surface area contributed by atoms with E-state index >= 15 is 5.11 Å². The molecule has 0 spiro atoms. The maximum absolute atomic E-state index is 15.0. The lowest BCUT2D eigenvalue weighted by Crippen LogP contribution is -2.58. The summed E-state index contributed by atoms with van der Waals surface area (Å²) in [4.78, 5) is 0. The molecule has 0 aromatic heterocycles. The van der Waals surface area contributed by atoms with Gasteiger partial charge in [-0.3, -0.25) is 0 Å². The minimum Gasteiger partial charge on any atom is -0.395 e. The fourth-order valence-electron chi connectivity index (χ4n) is 8.60. The van der Waals surface area contributed by atoms with Crippen LogP contribution in [0.5, 0.6) is 0 Å². The van der Waals surface area contributed by atoms with Gasteiger partial charge in [0.15, 0.2) is 0 Å². The Morgan fingerprint density at radius 2 is 0.611 bits per heavy atom. The molecule has 0 saturated carbocycles. The molecule has 0 aliphatic heterocycles. The average Bonchev–Trinajstić information content (AvgIpc) is 2.97. The second kappa shape index (κ2) is 14.5.